The molecule has 1 fully saturated rings. The van der Waals surface area contributed by atoms with Crippen LogP contribution < -0.4 is 5.32 Å². The lowest BCUT2D eigenvalue weighted by molar-refractivity contribution is 0.0731. The Balaban J connectivity index is 1.42. The molecule has 0 radical (unpaired) electrons. The maximum Gasteiger partial charge on any atom is 0.254 e. The number of likely N-dealkylation sites (tertiary alicyclic amines) is 1. The number of amides is 2. The third-order valence-corrected chi connectivity index (χ3v) is 6.25. The number of likely N-dealkylation sites (N-methyl/N-ethyl adjacent to an activating group) is 1. The van der Waals surface area contributed by atoms with E-state index in [9.17, 15) is 9.59 Å². The number of thiazole rings is 1. The predicted octanol–water partition coefficient (Wildman–Crippen LogP) is 2.51. The standard InChI is InChI=1S/C20H24N4O2S/c1-2-23-8-3-4-16(23)13-24-12-15-6-5-14(10-17(15)20(24)26)19(25)22-11-18-21-7-9-27-18/h5-7,9-10,16H,2-4,8,11-13H2,1H3,(H,22,25)/t16-/m0/s1. The number of hydrogen-bond acceptors (Lipinski definition) is 5. The maximum atomic E-state index is 12.9. The van der Waals surface area contributed by atoms with Gasteiger partial charge in [-0.1, -0.05) is 13.0 Å². The van der Waals surface area contributed by atoms with E-state index in [1.165, 1.54) is 17.8 Å². The minimum Gasteiger partial charge on any atom is -0.346 e. The van der Waals surface area contributed by atoms with Crippen LogP contribution in [0.3, 0.4) is 0 Å². The topological polar surface area (TPSA) is 65.5 Å². The summed E-state index contributed by atoms with van der Waals surface area (Å²) in [4.78, 5) is 33.8. The van der Waals surface area contributed by atoms with Crippen molar-refractivity contribution in [2.75, 3.05) is 19.6 Å². The summed E-state index contributed by atoms with van der Waals surface area (Å²) in [5.41, 5.74) is 2.20. The van der Waals surface area contributed by atoms with Crippen molar-refractivity contribution < 1.29 is 9.59 Å². The summed E-state index contributed by atoms with van der Waals surface area (Å²) >= 11 is 1.51. The highest BCUT2D eigenvalue weighted by Gasteiger charge is 2.32. The van der Waals surface area contributed by atoms with Crippen molar-refractivity contribution in [3.05, 3.63) is 51.5 Å². The third kappa shape index (κ3) is 3.75. The molecular formula is C20H24N4O2S. The van der Waals surface area contributed by atoms with E-state index in [4.69, 9.17) is 0 Å². The quantitative estimate of drug-likeness (QED) is 0.831. The molecule has 2 aliphatic heterocycles. The fourth-order valence-corrected chi connectivity index (χ4v) is 4.58. The number of rotatable bonds is 6. The van der Waals surface area contributed by atoms with Crippen LogP contribution in [0.4, 0.5) is 0 Å². The van der Waals surface area contributed by atoms with Crippen LogP contribution in [0.2, 0.25) is 0 Å². The van der Waals surface area contributed by atoms with Gasteiger partial charge in [0.2, 0.25) is 0 Å². The first-order valence-electron chi connectivity index (χ1n) is 9.48. The summed E-state index contributed by atoms with van der Waals surface area (Å²) < 4.78 is 0. The summed E-state index contributed by atoms with van der Waals surface area (Å²) in [5, 5.41) is 5.62. The van der Waals surface area contributed by atoms with Gasteiger partial charge in [-0.05, 0) is 43.6 Å². The zero-order valence-corrected chi connectivity index (χ0v) is 16.3. The summed E-state index contributed by atoms with van der Waals surface area (Å²) in [6, 6.07) is 5.91. The molecule has 142 valence electrons. The van der Waals surface area contributed by atoms with Gasteiger partial charge in [0.15, 0.2) is 0 Å². The van der Waals surface area contributed by atoms with Crippen molar-refractivity contribution in [2.24, 2.45) is 0 Å². The highest BCUT2D eigenvalue weighted by atomic mass is 32.1. The van der Waals surface area contributed by atoms with Gasteiger partial charge in [-0.25, -0.2) is 4.98 Å². The fourth-order valence-electron chi connectivity index (χ4n) is 4.02. The minimum atomic E-state index is -0.174. The Labute approximate surface area is 163 Å². The van der Waals surface area contributed by atoms with Crippen LogP contribution in [0.5, 0.6) is 0 Å². The van der Waals surface area contributed by atoms with Gasteiger partial charge in [0.25, 0.3) is 11.8 Å². The predicted molar refractivity (Wildman–Crippen MR) is 105 cm³/mol. The van der Waals surface area contributed by atoms with Crippen molar-refractivity contribution >= 4 is 23.2 Å². The molecule has 6 nitrogen and oxygen atoms in total. The SMILES string of the molecule is CCN1CCC[C@H]1CN1Cc2ccc(C(=O)NCc3nccs3)cc2C1=O. The molecule has 1 N–H and O–H groups in total. The molecule has 0 spiro atoms. The number of aromatic nitrogens is 1. The lowest BCUT2D eigenvalue weighted by atomic mass is 10.1. The first kappa shape index (κ1) is 18.1. The van der Waals surface area contributed by atoms with Gasteiger partial charge in [0, 0.05) is 41.8 Å². The first-order valence-corrected chi connectivity index (χ1v) is 10.4. The van der Waals surface area contributed by atoms with E-state index in [-0.39, 0.29) is 11.8 Å². The van der Waals surface area contributed by atoms with E-state index >= 15 is 0 Å². The Morgan fingerprint density at radius 2 is 2.30 bits per heavy atom. The van der Waals surface area contributed by atoms with Crippen molar-refractivity contribution in [3.8, 4) is 0 Å². The fraction of sp³-hybridized carbons (Fsp3) is 0.450. The van der Waals surface area contributed by atoms with E-state index in [1.807, 2.05) is 16.3 Å². The molecule has 0 bridgehead atoms. The highest BCUT2D eigenvalue weighted by Crippen LogP contribution is 2.27. The Hall–Kier alpha value is -2.25. The van der Waals surface area contributed by atoms with Crippen LogP contribution in [0, 0.1) is 0 Å². The third-order valence-electron chi connectivity index (χ3n) is 5.47. The molecule has 3 heterocycles. The highest BCUT2D eigenvalue weighted by molar-refractivity contribution is 7.09. The van der Waals surface area contributed by atoms with E-state index in [2.05, 4.69) is 22.1 Å². The second-order valence-electron chi connectivity index (χ2n) is 7.09. The van der Waals surface area contributed by atoms with Gasteiger partial charge < -0.3 is 10.2 Å². The van der Waals surface area contributed by atoms with E-state index < -0.39 is 0 Å². The number of nitrogens with one attached hydrogen (secondary N) is 1. The van der Waals surface area contributed by atoms with Crippen LogP contribution in [-0.4, -0.2) is 52.3 Å². The molecule has 1 aromatic carbocycles. The molecule has 2 amide bonds. The molecule has 0 saturated carbocycles. The summed E-state index contributed by atoms with van der Waals surface area (Å²) in [7, 11) is 0. The summed E-state index contributed by atoms with van der Waals surface area (Å²) in [6.45, 7) is 6.15. The van der Waals surface area contributed by atoms with Gasteiger partial charge in [-0.15, -0.1) is 11.3 Å². The molecular weight excluding hydrogens is 360 g/mol. The molecule has 0 aliphatic carbocycles. The second kappa shape index (κ2) is 7.78. The van der Waals surface area contributed by atoms with Crippen LogP contribution in [0.15, 0.2) is 29.8 Å². The van der Waals surface area contributed by atoms with Crippen molar-refractivity contribution in [3.63, 3.8) is 0 Å². The Bertz CT molecular complexity index is 837. The molecule has 0 unspecified atom stereocenters. The van der Waals surface area contributed by atoms with E-state index in [1.54, 1.807) is 18.3 Å². The van der Waals surface area contributed by atoms with E-state index in [0.717, 1.165) is 36.6 Å². The number of benzene rings is 1. The number of hydrogen-bond donors (Lipinski definition) is 1. The zero-order chi connectivity index (χ0) is 18.8. The lowest BCUT2D eigenvalue weighted by Crippen LogP contribution is -2.40. The van der Waals surface area contributed by atoms with Crippen molar-refractivity contribution in [2.45, 2.75) is 38.9 Å². The molecule has 7 heteroatoms. The van der Waals surface area contributed by atoms with Crippen LogP contribution in [0.1, 0.15) is 51.1 Å². The maximum absolute atomic E-state index is 12.9. The van der Waals surface area contributed by atoms with Crippen molar-refractivity contribution in [1.29, 1.82) is 0 Å². The smallest absolute Gasteiger partial charge is 0.254 e. The number of nitrogens with zero attached hydrogens (tertiary/aromatic N) is 3. The first-order chi connectivity index (χ1) is 13.2. The van der Waals surface area contributed by atoms with E-state index in [0.29, 0.717) is 30.3 Å². The minimum absolute atomic E-state index is 0.0440. The summed E-state index contributed by atoms with van der Waals surface area (Å²) in [6.07, 6.45) is 4.08. The van der Waals surface area contributed by atoms with Crippen LogP contribution >= 0.6 is 11.3 Å². The normalized spacial score (nSPS) is 19.5. The average Bonchev–Trinajstić information content (AvgIpc) is 3.41. The van der Waals surface area contributed by atoms with Crippen molar-refractivity contribution in [1.82, 2.24) is 20.1 Å². The molecule has 4 rings (SSSR count). The van der Waals surface area contributed by atoms with Gasteiger partial charge in [0.1, 0.15) is 5.01 Å². The van der Waals surface area contributed by atoms with Gasteiger partial charge in [-0.2, -0.15) is 0 Å². The van der Waals surface area contributed by atoms with Gasteiger partial charge in [0.05, 0.1) is 6.54 Å². The lowest BCUT2D eigenvalue weighted by Gasteiger charge is -2.27. The molecule has 1 aromatic heterocycles. The molecule has 1 saturated heterocycles. The van der Waals surface area contributed by atoms with Gasteiger partial charge >= 0.3 is 0 Å². The Morgan fingerprint density at radius 1 is 1.41 bits per heavy atom. The number of fused-ring (bicyclic) bond motifs is 1. The molecule has 2 aromatic rings. The summed E-state index contributed by atoms with van der Waals surface area (Å²) in [5.74, 6) is -0.130. The second-order valence-corrected chi connectivity index (χ2v) is 8.07. The molecule has 27 heavy (non-hydrogen) atoms. The molecule has 1 atom stereocenters. The average molecular weight is 385 g/mol. The Morgan fingerprint density at radius 3 is 3.07 bits per heavy atom. The monoisotopic (exact) mass is 384 g/mol. The van der Waals surface area contributed by atoms with Crippen LogP contribution in [-0.2, 0) is 13.1 Å². The zero-order valence-electron chi connectivity index (χ0n) is 15.5. The van der Waals surface area contributed by atoms with Gasteiger partial charge in [-0.3, -0.25) is 14.5 Å². The molecule has 2 aliphatic rings. The van der Waals surface area contributed by atoms with Crippen LogP contribution in [0.25, 0.3) is 0 Å². The Kier molecular flexibility index (Phi) is 5.22. The number of carbonyl (C=O) groups is 2. The largest absolute Gasteiger partial charge is 0.346 e. The number of carbonyl (C=O) groups excluding carboxylic acids is 2.